The average Bonchev–Trinajstić information content (AvgIpc) is 2.95. The summed E-state index contributed by atoms with van der Waals surface area (Å²) in [4.78, 5) is 4.54. The molecule has 0 unspecified atom stereocenters. The minimum absolute atomic E-state index is 0.767. The molecule has 0 aliphatic rings. The smallest absolute Gasteiger partial charge is 0.182 e. The van der Waals surface area contributed by atoms with Gasteiger partial charge in [0.2, 0.25) is 0 Å². The van der Waals surface area contributed by atoms with E-state index in [1.54, 1.807) is 46.2 Å². The number of fused-ring (bicyclic) bond motifs is 1. The van der Waals surface area contributed by atoms with Gasteiger partial charge in [-0.2, -0.15) is 0 Å². The highest BCUT2D eigenvalue weighted by molar-refractivity contribution is 8.04. The lowest BCUT2D eigenvalue weighted by Gasteiger charge is -1.88. The third-order valence-electron chi connectivity index (χ3n) is 2.13. The van der Waals surface area contributed by atoms with Crippen LogP contribution < -0.4 is 5.73 Å². The molecule has 0 radical (unpaired) electrons. The van der Waals surface area contributed by atoms with Gasteiger partial charge in [-0.25, -0.2) is 4.98 Å². The fourth-order valence-corrected chi connectivity index (χ4v) is 5.11. The van der Waals surface area contributed by atoms with Crippen LogP contribution in [0.3, 0.4) is 0 Å². The summed E-state index contributed by atoms with van der Waals surface area (Å²) in [6.45, 7) is 0. The molecular formula is C10H8N4S4. The van der Waals surface area contributed by atoms with Crippen LogP contribution in [0, 0.1) is 0 Å². The van der Waals surface area contributed by atoms with Gasteiger partial charge in [-0.05, 0) is 36.2 Å². The molecule has 2 N–H and O–H groups in total. The number of thioether (sulfide) groups is 1. The molecule has 3 aromatic rings. The van der Waals surface area contributed by atoms with Gasteiger partial charge in [0, 0.05) is 5.69 Å². The van der Waals surface area contributed by atoms with Crippen LogP contribution in [0.4, 0.5) is 5.69 Å². The number of anilines is 1. The van der Waals surface area contributed by atoms with Gasteiger partial charge in [-0.3, -0.25) is 0 Å². The van der Waals surface area contributed by atoms with E-state index in [1.165, 1.54) is 0 Å². The van der Waals surface area contributed by atoms with E-state index in [-0.39, 0.29) is 0 Å². The zero-order valence-electron chi connectivity index (χ0n) is 9.28. The number of hydrogen-bond acceptors (Lipinski definition) is 8. The highest BCUT2D eigenvalue weighted by atomic mass is 32.2. The molecule has 0 fully saturated rings. The van der Waals surface area contributed by atoms with Crippen LogP contribution in [0.5, 0.6) is 0 Å². The summed E-state index contributed by atoms with van der Waals surface area (Å²) in [6, 6.07) is 5.76. The molecule has 0 aliphatic carbocycles. The zero-order valence-corrected chi connectivity index (χ0v) is 12.6. The number of nitrogen functional groups attached to an aromatic ring is 1. The molecule has 0 amide bonds. The Morgan fingerprint density at radius 1 is 1.11 bits per heavy atom. The summed E-state index contributed by atoms with van der Waals surface area (Å²) in [5.41, 5.74) is 7.50. The predicted octanol–water partition coefficient (Wildman–Crippen LogP) is 3.60. The minimum atomic E-state index is 0.767. The Balaban J connectivity index is 1.90. The Morgan fingerprint density at radius 2 is 1.94 bits per heavy atom. The molecule has 92 valence electrons. The Bertz CT molecular complexity index is 690. The first-order valence-electron chi connectivity index (χ1n) is 4.96. The van der Waals surface area contributed by atoms with Crippen molar-refractivity contribution in [2.24, 2.45) is 0 Å². The molecule has 4 nitrogen and oxygen atoms in total. The molecule has 1 aromatic carbocycles. The summed E-state index contributed by atoms with van der Waals surface area (Å²) in [7, 11) is 0. The maximum Gasteiger partial charge on any atom is 0.182 e. The van der Waals surface area contributed by atoms with E-state index in [4.69, 9.17) is 5.73 Å². The van der Waals surface area contributed by atoms with Crippen LogP contribution in [0.2, 0.25) is 0 Å². The number of aromatic nitrogens is 3. The first kappa shape index (κ1) is 12.2. The minimum Gasteiger partial charge on any atom is -0.399 e. The fraction of sp³-hybridized carbons (Fsp3) is 0.100. The second-order valence-electron chi connectivity index (χ2n) is 3.35. The van der Waals surface area contributed by atoms with Crippen LogP contribution in [0.25, 0.3) is 10.2 Å². The molecule has 3 rings (SSSR count). The largest absolute Gasteiger partial charge is 0.399 e. The molecule has 0 bridgehead atoms. The van der Waals surface area contributed by atoms with Crippen LogP contribution in [-0.2, 0) is 0 Å². The molecule has 8 heteroatoms. The number of benzene rings is 1. The van der Waals surface area contributed by atoms with E-state index in [9.17, 15) is 0 Å². The van der Waals surface area contributed by atoms with Crippen molar-refractivity contribution in [3.8, 4) is 0 Å². The second-order valence-corrected chi connectivity index (χ2v) is 7.90. The van der Waals surface area contributed by atoms with Gasteiger partial charge >= 0.3 is 0 Å². The maximum atomic E-state index is 5.76. The summed E-state index contributed by atoms with van der Waals surface area (Å²) >= 11 is 6.37. The van der Waals surface area contributed by atoms with Crippen LogP contribution >= 0.6 is 46.2 Å². The van der Waals surface area contributed by atoms with Gasteiger partial charge in [0.15, 0.2) is 13.0 Å². The number of nitrogens with two attached hydrogens (primary N) is 1. The van der Waals surface area contributed by atoms with E-state index in [0.29, 0.717) is 0 Å². The first-order valence-corrected chi connectivity index (χ1v) is 8.63. The quantitative estimate of drug-likeness (QED) is 0.589. The van der Waals surface area contributed by atoms with Crippen molar-refractivity contribution in [1.82, 2.24) is 15.2 Å². The van der Waals surface area contributed by atoms with E-state index in [1.807, 2.05) is 24.5 Å². The molecule has 2 heterocycles. The van der Waals surface area contributed by atoms with Crippen molar-refractivity contribution in [3.05, 3.63) is 18.2 Å². The summed E-state index contributed by atoms with van der Waals surface area (Å²) in [5, 5.41) is 8.19. The van der Waals surface area contributed by atoms with E-state index in [2.05, 4.69) is 15.2 Å². The zero-order chi connectivity index (χ0) is 12.5. The molecule has 2 aromatic heterocycles. The van der Waals surface area contributed by atoms with Crippen LogP contribution in [0.1, 0.15) is 0 Å². The van der Waals surface area contributed by atoms with Crippen molar-refractivity contribution in [3.63, 3.8) is 0 Å². The lowest BCUT2D eigenvalue weighted by atomic mass is 10.3. The molecule has 18 heavy (non-hydrogen) atoms. The van der Waals surface area contributed by atoms with Gasteiger partial charge < -0.3 is 5.73 Å². The van der Waals surface area contributed by atoms with Crippen molar-refractivity contribution >= 4 is 62.1 Å². The van der Waals surface area contributed by atoms with Crippen molar-refractivity contribution < 1.29 is 0 Å². The Morgan fingerprint density at radius 3 is 2.72 bits per heavy atom. The van der Waals surface area contributed by atoms with Gasteiger partial charge in [-0.15, -0.1) is 21.5 Å². The first-order chi connectivity index (χ1) is 8.74. The highest BCUT2D eigenvalue weighted by Gasteiger charge is 2.09. The number of rotatable bonds is 3. The Kier molecular flexibility index (Phi) is 3.42. The molecule has 0 saturated carbocycles. The highest BCUT2D eigenvalue weighted by Crippen LogP contribution is 2.37. The lowest BCUT2D eigenvalue weighted by Crippen LogP contribution is -1.81. The number of hydrogen-bond donors (Lipinski definition) is 1. The van der Waals surface area contributed by atoms with E-state index in [0.717, 1.165) is 28.9 Å². The van der Waals surface area contributed by atoms with Gasteiger partial charge in [-0.1, -0.05) is 23.1 Å². The van der Waals surface area contributed by atoms with Gasteiger partial charge in [0.25, 0.3) is 0 Å². The maximum absolute atomic E-state index is 5.76. The molecule has 0 aliphatic heterocycles. The third kappa shape index (κ3) is 2.46. The summed E-state index contributed by atoms with van der Waals surface area (Å²) in [5.74, 6) is 0. The van der Waals surface area contributed by atoms with Gasteiger partial charge in [0.1, 0.15) is 0 Å². The van der Waals surface area contributed by atoms with E-state index >= 15 is 0 Å². The molecule has 0 saturated heterocycles. The second kappa shape index (κ2) is 5.04. The number of thiazole rings is 1. The van der Waals surface area contributed by atoms with Gasteiger partial charge in [0.05, 0.1) is 10.2 Å². The van der Waals surface area contributed by atoms with Crippen molar-refractivity contribution in [1.29, 1.82) is 0 Å². The van der Waals surface area contributed by atoms with E-state index < -0.39 is 0 Å². The average molecular weight is 312 g/mol. The fourth-order valence-electron chi connectivity index (χ4n) is 1.36. The SMILES string of the molecule is CSc1nnc(Sc2nc3ccc(N)cc3s2)s1. The normalized spacial score (nSPS) is 11.2. The third-order valence-corrected chi connectivity index (χ3v) is 6.16. The van der Waals surface area contributed by atoms with Crippen molar-refractivity contribution in [2.45, 2.75) is 13.0 Å². The number of nitrogens with zero attached hydrogens (tertiary/aromatic N) is 3. The standard InChI is InChI=1S/C10H8N4S4/c1-15-9-13-14-10(18-9)17-8-12-6-3-2-5(11)4-7(6)16-8/h2-4H,11H2,1H3. The van der Waals surface area contributed by atoms with Crippen molar-refractivity contribution in [2.75, 3.05) is 12.0 Å². The van der Waals surface area contributed by atoms with Crippen LogP contribution in [-0.4, -0.2) is 21.4 Å². The Labute approximate surface area is 120 Å². The predicted molar refractivity (Wildman–Crippen MR) is 79.8 cm³/mol. The molecule has 0 spiro atoms. The molecular weight excluding hydrogens is 304 g/mol. The Hall–Kier alpha value is -0.830. The molecule has 0 atom stereocenters. The van der Waals surface area contributed by atoms with Crippen LogP contribution in [0.15, 0.2) is 31.2 Å². The monoisotopic (exact) mass is 312 g/mol. The topological polar surface area (TPSA) is 64.7 Å². The summed E-state index contributed by atoms with van der Waals surface area (Å²) in [6.07, 6.45) is 2.00. The summed E-state index contributed by atoms with van der Waals surface area (Å²) < 4.78 is 3.97. The lowest BCUT2D eigenvalue weighted by molar-refractivity contribution is 0.955.